The molecule has 0 fully saturated rings. The van der Waals surface area contributed by atoms with Gasteiger partial charge >= 0.3 is 0 Å². The highest BCUT2D eigenvalue weighted by atomic mass is 16.3. The van der Waals surface area contributed by atoms with Gasteiger partial charge in [-0.2, -0.15) is 0 Å². The summed E-state index contributed by atoms with van der Waals surface area (Å²) in [6, 6.07) is 88.8. The minimum atomic E-state index is 0.526. The van der Waals surface area contributed by atoms with E-state index in [0.717, 1.165) is 89.1 Å². The zero-order chi connectivity index (χ0) is 45.2. The molecule has 0 aliphatic rings. The molecule has 320 valence electrons. The number of aromatic nitrogens is 3. The highest BCUT2D eigenvalue weighted by Crippen LogP contribution is 2.47. The van der Waals surface area contributed by atoms with E-state index in [2.05, 4.69) is 248 Å². The van der Waals surface area contributed by atoms with E-state index >= 15 is 0 Å². The molecular formula is C63H42N4O. The number of fused-ring (bicyclic) bond motifs is 3. The quantitative estimate of drug-likeness (QED) is 0.137. The molecule has 0 amide bonds. The maximum atomic E-state index is 6.99. The van der Waals surface area contributed by atoms with Gasteiger partial charge in [0.25, 0.3) is 0 Å². The maximum Gasteiger partial charge on any atom is 0.167 e. The Labute approximate surface area is 395 Å². The van der Waals surface area contributed by atoms with Gasteiger partial charge in [0.1, 0.15) is 11.2 Å². The van der Waals surface area contributed by atoms with Crippen molar-refractivity contribution in [3.05, 3.63) is 255 Å². The van der Waals surface area contributed by atoms with Crippen molar-refractivity contribution in [2.45, 2.75) is 0 Å². The predicted molar refractivity (Wildman–Crippen MR) is 280 cm³/mol. The summed E-state index contributed by atoms with van der Waals surface area (Å²) in [4.78, 5) is 17.9. The Morgan fingerprint density at radius 1 is 0.279 bits per heavy atom. The molecule has 5 nitrogen and oxygen atoms in total. The number of rotatable bonds is 10. The number of nitrogens with zero attached hydrogens (tertiary/aromatic N) is 4. The van der Waals surface area contributed by atoms with Crippen molar-refractivity contribution in [2.24, 2.45) is 0 Å². The average molecular weight is 871 g/mol. The fraction of sp³-hybridized carbons (Fsp3) is 0. The van der Waals surface area contributed by atoms with E-state index < -0.39 is 0 Å². The van der Waals surface area contributed by atoms with E-state index in [1.54, 1.807) is 0 Å². The second-order valence-electron chi connectivity index (χ2n) is 16.8. The van der Waals surface area contributed by atoms with Crippen molar-refractivity contribution in [3.8, 4) is 78.7 Å². The van der Waals surface area contributed by atoms with Crippen LogP contribution in [0.4, 0.5) is 17.1 Å². The van der Waals surface area contributed by atoms with Crippen molar-refractivity contribution in [1.29, 1.82) is 0 Å². The number of furan rings is 1. The molecule has 68 heavy (non-hydrogen) atoms. The van der Waals surface area contributed by atoms with E-state index in [0.29, 0.717) is 23.1 Å². The number of hydrogen-bond donors (Lipinski definition) is 0. The summed E-state index contributed by atoms with van der Waals surface area (Å²) in [5.74, 6) is 1.68. The minimum Gasteiger partial charge on any atom is -0.455 e. The highest BCUT2D eigenvalue weighted by molar-refractivity contribution is 6.16. The van der Waals surface area contributed by atoms with Crippen molar-refractivity contribution < 1.29 is 4.42 Å². The molecule has 10 aromatic carbocycles. The van der Waals surface area contributed by atoms with Crippen molar-refractivity contribution in [1.82, 2.24) is 15.0 Å². The number of anilines is 3. The molecule has 0 aliphatic carbocycles. The Morgan fingerprint density at radius 3 is 1.22 bits per heavy atom. The lowest BCUT2D eigenvalue weighted by molar-refractivity contribution is 0.669. The summed E-state index contributed by atoms with van der Waals surface area (Å²) < 4.78 is 6.99. The van der Waals surface area contributed by atoms with Crippen molar-refractivity contribution >= 4 is 39.0 Å². The zero-order valence-electron chi connectivity index (χ0n) is 36.9. The van der Waals surface area contributed by atoms with E-state index in [9.17, 15) is 0 Å². The van der Waals surface area contributed by atoms with Crippen LogP contribution in [0.15, 0.2) is 259 Å². The third-order valence-corrected chi connectivity index (χ3v) is 12.6. The average Bonchev–Trinajstić information content (AvgIpc) is 3.82. The van der Waals surface area contributed by atoms with Gasteiger partial charge in [0, 0.05) is 27.8 Å². The van der Waals surface area contributed by atoms with Gasteiger partial charge in [-0.1, -0.05) is 218 Å². The van der Waals surface area contributed by atoms with E-state index in [1.165, 1.54) is 5.56 Å². The molecule has 0 bridgehead atoms. The molecule has 2 heterocycles. The Kier molecular flexibility index (Phi) is 10.5. The van der Waals surface area contributed by atoms with E-state index in [1.807, 2.05) is 12.1 Å². The lowest BCUT2D eigenvalue weighted by Crippen LogP contribution is -2.11. The highest BCUT2D eigenvalue weighted by Gasteiger charge is 2.24. The smallest absolute Gasteiger partial charge is 0.167 e. The van der Waals surface area contributed by atoms with E-state index in [-0.39, 0.29) is 0 Å². The van der Waals surface area contributed by atoms with Crippen LogP contribution in [0.2, 0.25) is 0 Å². The van der Waals surface area contributed by atoms with Crippen LogP contribution in [0, 0.1) is 0 Å². The Hall–Kier alpha value is -9.19. The molecule has 5 heteroatoms. The number of hydrogen-bond acceptors (Lipinski definition) is 5. The fourth-order valence-electron chi connectivity index (χ4n) is 9.20. The number of benzene rings is 10. The zero-order valence-corrected chi connectivity index (χ0v) is 36.9. The monoisotopic (exact) mass is 870 g/mol. The van der Waals surface area contributed by atoms with Crippen LogP contribution in [0.25, 0.3) is 101 Å². The molecular weight excluding hydrogens is 829 g/mol. The first-order valence-corrected chi connectivity index (χ1v) is 22.8. The van der Waals surface area contributed by atoms with Crippen LogP contribution in [-0.2, 0) is 0 Å². The maximum absolute atomic E-state index is 6.99. The summed E-state index contributed by atoms with van der Waals surface area (Å²) >= 11 is 0. The molecule has 12 rings (SSSR count). The molecule has 0 N–H and O–H groups in total. The standard InChI is InChI=1S/C63H42N4O/c1-5-17-43(18-6-1)46-31-35-50(36-32-46)61-64-62(51-37-33-47(34-38-51)44-19-7-2-8-20-44)66-63(65-61)55-27-15-26-54-59-57(29-16-30-58(59)68-60(54)55)67(52-41-39-48(40-42-52)45-21-9-3-10-22-45)56-28-14-13-25-53(56)49-23-11-4-12-24-49/h1-42H. The molecule has 0 radical (unpaired) electrons. The lowest BCUT2D eigenvalue weighted by atomic mass is 10.00. The van der Waals surface area contributed by atoms with Gasteiger partial charge in [-0.3, -0.25) is 0 Å². The van der Waals surface area contributed by atoms with Crippen molar-refractivity contribution in [3.63, 3.8) is 0 Å². The molecule has 12 aromatic rings. The normalized spacial score (nSPS) is 11.2. The minimum absolute atomic E-state index is 0.526. The second kappa shape index (κ2) is 17.7. The second-order valence-corrected chi connectivity index (χ2v) is 16.8. The Bertz CT molecular complexity index is 3590. The summed E-state index contributed by atoms with van der Waals surface area (Å²) in [7, 11) is 0. The summed E-state index contributed by atoms with van der Waals surface area (Å²) in [6.07, 6.45) is 0. The molecule has 0 spiro atoms. The lowest BCUT2D eigenvalue weighted by Gasteiger charge is -2.28. The van der Waals surface area contributed by atoms with Crippen LogP contribution in [0.1, 0.15) is 0 Å². The van der Waals surface area contributed by atoms with Gasteiger partial charge in [0.15, 0.2) is 17.5 Å². The summed E-state index contributed by atoms with van der Waals surface area (Å²) in [5.41, 5.74) is 16.2. The fourth-order valence-corrected chi connectivity index (χ4v) is 9.20. The Morgan fingerprint density at radius 2 is 0.676 bits per heavy atom. The van der Waals surface area contributed by atoms with Crippen molar-refractivity contribution in [2.75, 3.05) is 4.90 Å². The molecule has 0 aliphatic heterocycles. The van der Waals surface area contributed by atoms with Crippen LogP contribution < -0.4 is 4.90 Å². The molecule has 0 saturated heterocycles. The first-order chi connectivity index (χ1) is 33.7. The largest absolute Gasteiger partial charge is 0.455 e. The van der Waals surface area contributed by atoms with Crippen LogP contribution in [-0.4, -0.2) is 15.0 Å². The van der Waals surface area contributed by atoms with Crippen LogP contribution in [0.5, 0.6) is 0 Å². The van der Waals surface area contributed by atoms with Gasteiger partial charge < -0.3 is 9.32 Å². The molecule has 0 saturated carbocycles. The summed E-state index contributed by atoms with van der Waals surface area (Å²) in [5, 5.41) is 1.95. The van der Waals surface area contributed by atoms with Gasteiger partial charge in [-0.05, 0) is 75.3 Å². The van der Waals surface area contributed by atoms with Crippen LogP contribution in [0.3, 0.4) is 0 Å². The van der Waals surface area contributed by atoms with Gasteiger partial charge in [0.2, 0.25) is 0 Å². The Balaban J connectivity index is 1.03. The molecule has 2 aromatic heterocycles. The molecule has 0 unspecified atom stereocenters. The van der Waals surface area contributed by atoms with Gasteiger partial charge in [-0.15, -0.1) is 0 Å². The van der Waals surface area contributed by atoms with Gasteiger partial charge in [-0.25, -0.2) is 15.0 Å². The summed E-state index contributed by atoms with van der Waals surface area (Å²) in [6.45, 7) is 0. The first-order valence-electron chi connectivity index (χ1n) is 22.8. The topological polar surface area (TPSA) is 55.1 Å². The third-order valence-electron chi connectivity index (χ3n) is 12.6. The van der Waals surface area contributed by atoms with Gasteiger partial charge in [0.05, 0.1) is 22.3 Å². The van der Waals surface area contributed by atoms with E-state index in [4.69, 9.17) is 19.4 Å². The number of para-hydroxylation sites is 2. The van der Waals surface area contributed by atoms with Crippen LogP contribution >= 0.6 is 0 Å². The first kappa shape index (κ1) is 40.3. The SMILES string of the molecule is c1ccc(-c2ccc(-c3nc(-c4ccc(-c5ccccc5)cc4)nc(-c4cccc5c4oc4cccc(N(c6ccc(-c7ccccc7)cc6)c6ccccc6-c6ccccc6)c45)n3)cc2)cc1. The predicted octanol–water partition coefficient (Wildman–Crippen LogP) is 16.9. The third kappa shape index (κ3) is 7.68. The molecule has 0 atom stereocenters.